The SMILES string of the molecule is CCOC(=O)CCc1csc(NC2CC3CCC2O3)n1. The van der Waals surface area contributed by atoms with Crippen LogP contribution < -0.4 is 5.32 Å². The molecule has 0 amide bonds. The number of rotatable bonds is 6. The maximum absolute atomic E-state index is 11.3. The predicted octanol–water partition coefficient (Wildman–Crippen LogP) is 2.37. The highest BCUT2D eigenvalue weighted by Crippen LogP contribution is 2.36. The van der Waals surface area contributed by atoms with Crippen LogP contribution >= 0.6 is 11.3 Å². The zero-order chi connectivity index (χ0) is 13.9. The first-order valence-electron chi connectivity index (χ1n) is 7.26. The van der Waals surface area contributed by atoms with Gasteiger partial charge < -0.3 is 14.8 Å². The van der Waals surface area contributed by atoms with Gasteiger partial charge in [0, 0.05) is 11.8 Å². The number of nitrogens with one attached hydrogen (secondary N) is 1. The first kappa shape index (κ1) is 13.8. The van der Waals surface area contributed by atoms with Crippen molar-refractivity contribution in [2.24, 2.45) is 0 Å². The van der Waals surface area contributed by atoms with Crippen molar-refractivity contribution in [2.45, 2.75) is 57.3 Å². The molecule has 0 aliphatic carbocycles. The van der Waals surface area contributed by atoms with Crippen molar-refractivity contribution in [3.05, 3.63) is 11.1 Å². The molecule has 0 saturated carbocycles. The van der Waals surface area contributed by atoms with Crippen molar-refractivity contribution in [2.75, 3.05) is 11.9 Å². The Hall–Kier alpha value is -1.14. The summed E-state index contributed by atoms with van der Waals surface area (Å²) in [5.74, 6) is -0.156. The highest BCUT2D eigenvalue weighted by atomic mass is 32.1. The number of ether oxygens (including phenoxy) is 2. The lowest BCUT2D eigenvalue weighted by atomic mass is 9.96. The van der Waals surface area contributed by atoms with Crippen LogP contribution in [0.1, 0.15) is 38.3 Å². The second-order valence-corrected chi connectivity index (χ2v) is 6.17. The van der Waals surface area contributed by atoms with Gasteiger partial charge in [0.15, 0.2) is 5.13 Å². The van der Waals surface area contributed by atoms with Crippen molar-refractivity contribution >= 4 is 22.4 Å². The second kappa shape index (κ2) is 6.10. The van der Waals surface area contributed by atoms with E-state index in [-0.39, 0.29) is 5.97 Å². The molecule has 2 fully saturated rings. The fourth-order valence-corrected chi connectivity index (χ4v) is 3.71. The summed E-state index contributed by atoms with van der Waals surface area (Å²) in [5.41, 5.74) is 0.953. The molecule has 5 nitrogen and oxygen atoms in total. The standard InChI is InChI=1S/C14H20N2O3S/c1-2-18-13(17)6-3-9-8-20-14(15-9)16-11-7-10-4-5-12(11)19-10/h8,10-12H,2-7H2,1H3,(H,15,16). The van der Waals surface area contributed by atoms with Gasteiger partial charge in [0.25, 0.3) is 0 Å². The van der Waals surface area contributed by atoms with Crippen LogP contribution in [0.5, 0.6) is 0 Å². The van der Waals surface area contributed by atoms with Crippen LogP contribution in [0.15, 0.2) is 5.38 Å². The maximum atomic E-state index is 11.3. The van der Waals surface area contributed by atoms with Crippen LogP contribution in [-0.4, -0.2) is 35.8 Å². The molecule has 2 bridgehead atoms. The van der Waals surface area contributed by atoms with E-state index in [0.717, 1.165) is 23.7 Å². The Morgan fingerprint density at radius 1 is 1.60 bits per heavy atom. The molecule has 0 spiro atoms. The Kier molecular flexibility index (Phi) is 4.21. The van der Waals surface area contributed by atoms with Gasteiger partial charge in [-0.1, -0.05) is 0 Å². The van der Waals surface area contributed by atoms with Crippen molar-refractivity contribution < 1.29 is 14.3 Å². The summed E-state index contributed by atoms with van der Waals surface area (Å²) >= 11 is 1.60. The molecule has 1 aromatic heterocycles. The fraction of sp³-hybridized carbons (Fsp3) is 0.714. The van der Waals surface area contributed by atoms with Crippen LogP contribution in [0.25, 0.3) is 0 Å². The van der Waals surface area contributed by atoms with Crippen LogP contribution in [-0.2, 0) is 20.7 Å². The summed E-state index contributed by atoms with van der Waals surface area (Å²) in [5, 5.41) is 6.42. The molecule has 3 unspecified atom stereocenters. The van der Waals surface area contributed by atoms with Gasteiger partial charge in [-0.05, 0) is 26.2 Å². The number of esters is 1. The number of aryl methyl sites for hydroxylation is 1. The third-order valence-corrected chi connectivity index (χ3v) is 4.68. The lowest BCUT2D eigenvalue weighted by Gasteiger charge is -2.19. The van der Waals surface area contributed by atoms with Gasteiger partial charge in [-0.25, -0.2) is 4.98 Å². The van der Waals surface area contributed by atoms with Gasteiger partial charge >= 0.3 is 5.97 Å². The number of carbonyl (C=O) groups is 1. The van der Waals surface area contributed by atoms with Crippen molar-refractivity contribution in [3.8, 4) is 0 Å². The summed E-state index contributed by atoms with van der Waals surface area (Å²) < 4.78 is 10.7. The van der Waals surface area contributed by atoms with Gasteiger partial charge in [0.1, 0.15) is 0 Å². The largest absolute Gasteiger partial charge is 0.466 e. The highest BCUT2D eigenvalue weighted by Gasteiger charge is 2.40. The Morgan fingerprint density at radius 3 is 3.20 bits per heavy atom. The smallest absolute Gasteiger partial charge is 0.306 e. The van der Waals surface area contributed by atoms with E-state index in [2.05, 4.69) is 10.3 Å². The predicted molar refractivity (Wildman–Crippen MR) is 77.0 cm³/mol. The van der Waals surface area contributed by atoms with Gasteiger partial charge in [-0.15, -0.1) is 11.3 Å². The monoisotopic (exact) mass is 296 g/mol. The minimum atomic E-state index is -0.156. The van der Waals surface area contributed by atoms with E-state index in [1.165, 1.54) is 6.42 Å². The molecule has 2 aliphatic heterocycles. The number of aromatic nitrogens is 1. The average Bonchev–Trinajstić information content (AvgIpc) is 3.13. The molecule has 2 aliphatic rings. The number of thiazole rings is 1. The van der Waals surface area contributed by atoms with Crippen LogP contribution in [0.3, 0.4) is 0 Å². The van der Waals surface area contributed by atoms with Crippen molar-refractivity contribution in [1.82, 2.24) is 4.98 Å². The molecular formula is C14H20N2O3S. The average molecular weight is 296 g/mol. The van der Waals surface area contributed by atoms with Crippen molar-refractivity contribution in [3.63, 3.8) is 0 Å². The maximum Gasteiger partial charge on any atom is 0.306 e. The Bertz CT molecular complexity index is 477. The van der Waals surface area contributed by atoms with Crippen LogP contribution in [0.4, 0.5) is 5.13 Å². The van der Waals surface area contributed by atoms with E-state index in [0.29, 0.717) is 37.7 Å². The number of nitrogens with zero attached hydrogens (tertiary/aromatic N) is 1. The fourth-order valence-electron chi connectivity index (χ4n) is 2.90. The zero-order valence-corrected chi connectivity index (χ0v) is 12.4. The zero-order valence-electron chi connectivity index (χ0n) is 11.6. The van der Waals surface area contributed by atoms with Crippen LogP contribution in [0.2, 0.25) is 0 Å². The molecule has 1 N–H and O–H groups in total. The van der Waals surface area contributed by atoms with Gasteiger partial charge in [-0.3, -0.25) is 4.79 Å². The summed E-state index contributed by atoms with van der Waals surface area (Å²) in [6.45, 7) is 2.26. The van der Waals surface area contributed by atoms with E-state index in [4.69, 9.17) is 9.47 Å². The quantitative estimate of drug-likeness (QED) is 0.817. The van der Waals surface area contributed by atoms with Gasteiger partial charge in [0.05, 0.1) is 37.0 Å². The number of anilines is 1. The molecule has 110 valence electrons. The Labute approximate surface area is 122 Å². The lowest BCUT2D eigenvalue weighted by molar-refractivity contribution is -0.143. The summed E-state index contributed by atoms with van der Waals surface area (Å²) in [7, 11) is 0. The van der Waals surface area contributed by atoms with E-state index in [1.807, 2.05) is 12.3 Å². The highest BCUT2D eigenvalue weighted by molar-refractivity contribution is 7.13. The van der Waals surface area contributed by atoms with E-state index in [1.54, 1.807) is 11.3 Å². The molecule has 3 heterocycles. The minimum absolute atomic E-state index is 0.156. The third kappa shape index (κ3) is 3.12. The van der Waals surface area contributed by atoms with E-state index < -0.39 is 0 Å². The van der Waals surface area contributed by atoms with Gasteiger partial charge in [0.2, 0.25) is 0 Å². The molecule has 20 heavy (non-hydrogen) atoms. The second-order valence-electron chi connectivity index (χ2n) is 5.31. The number of hydrogen-bond donors (Lipinski definition) is 1. The van der Waals surface area contributed by atoms with E-state index >= 15 is 0 Å². The first-order valence-corrected chi connectivity index (χ1v) is 8.14. The normalized spacial score (nSPS) is 27.8. The van der Waals surface area contributed by atoms with Crippen molar-refractivity contribution in [1.29, 1.82) is 0 Å². The van der Waals surface area contributed by atoms with Crippen LogP contribution in [0, 0.1) is 0 Å². The lowest BCUT2D eigenvalue weighted by Crippen LogP contribution is -2.30. The molecular weight excluding hydrogens is 276 g/mol. The molecule has 0 radical (unpaired) electrons. The molecule has 0 aromatic carbocycles. The molecule has 6 heteroatoms. The molecule has 3 rings (SSSR count). The molecule has 3 atom stereocenters. The molecule has 2 saturated heterocycles. The summed E-state index contributed by atoms with van der Waals surface area (Å²) in [6, 6.07) is 0.401. The van der Waals surface area contributed by atoms with E-state index in [9.17, 15) is 4.79 Å². The topological polar surface area (TPSA) is 60.5 Å². The summed E-state index contributed by atoms with van der Waals surface area (Å²) in [6.07, 6.45) is 5.28. The number of carbonyl (C=O) groups excluding carboxylic acids is 1. The Morgan fingerprint density at radius 2 is 2.50 bits per heavy atom. The number of hydrogen-bond acceptors (Lipinski definition) is 6. The number of fused-ring (bicyclic) bond motifs is 2. The Balaban J connectivity index is 1.48. The third-order valence-electron chi connectivity index (χ3n) is 3.86. The summed E-state index contributed by atoms with van der Waals surface area (Å²) in [4.78, 5) is 15.8. The minimum Gasteiger partial charge on any atom is -0.466 e. The molecule has 1 aromatic rings. The van der Waals surface area contributed by atoms with Gasteiger partial charge in [-0.2, -0.15) is 0 Å². The first-order chi connectivity index (χ1) is 9.74.